The molecule has 0 aromatic carbocycles. The van der Waals surface area contributed by atoms with E-state index in [0.717, 1.165) is 31.4 Å². The van der Waals surface area contributed by atoms with Crippen LogP contribution in [0.15, 0.2) is 18.3 Å². The highest BCUT2D eigenvalue weighted by Crippen LogP contribution is 2.19. The van der Waals surface area contributed by atoms with Crippen molar-refractivity contribution in [1.29, 1.82) is 0 Å². The fraction of sp³-hybridized carbons (Fsp3) is 0.643. The van der Waals surface area contributed by atoms with Crippen molar-refractivity contribution in [2.45, 2.75) is 51.7 Å². The first-order valence-corrected chi connectivity index (χ1v) is 6.86. The number of anilines is 1. The van der Waals surface area contributed by atoms with E-state index < -0.39 is 12.8 Å². The number of rotatable bonds is 8. The number of pyridine rings is 1. The molecular formula is C14H21F3N2O. The van der Waals surface area contributed by atoms with Crippen LogP contribution >= 0.6 is 0 Å². The molecule has 1 aromatic rings. The molecule has 1 rings (SSSR count). The lowest BCUT2D eigenvalue weighted by Crippen LogP contribution is -2.20. The van der Waals surface area contributed by atoms with E-state index in [1.54, 1.807) is 6.07 Å². The Kier molecular flexibility index (Phi) is 6.61. The van der Waals surface area contributed by atoms with Crippen molar-refractivity contribution in [1.82, 2.24) is 4.98 Å². The zero-order valence-electron chi connectivity index (χ0n) is 11.8. The molecule has 0 aliphatic heterocycles. The van der Waals surface area contributed by atoms with Crippen LogP contribution in [0.25, 0.3) is 0 Å². The molecule has 0 saturated heterocycles. The summed E-state index contributed by atoms with van der Waals surface area (Å²) in [5, 5.41) is 3.32. The van der Waals surface area contributed by atoms with Gasteiger partial charge in [-0.05, 0) is 18.9 Å². The van der Waals surface area contributed by atoms with Crippen molar-refractivity contribution in [3.05, 3.63) is 18.3 Å². The van der Waals surface area contributed by atoms with Crippen molar-refractivity contribution < 1.29 is 17.9 Å². The summed E-state index contributed by atoms with van der Waals surface area (Å²) in [6, 6.07) is 3.49. The van der Waals surface area contributed by atoms with Crippen LogP contribution < -0.4 is 10.1 Å². The second-order valence-corrected chi connectivity index (χ2v) is 4.68. The van der Waals surface area contributed by atoms with Crippen LogP contribution in [-0.4, -0.2) is 23.8 Å². The molecule has 0 spiro atoms. The van der Waals surface area contributed by atoms with Crippen LogP contribution in [0.3, 0.4) is 0 Å². The fourth-order valence-electron chi connectivity index (χ4n) is 1.77. The SMILES string of the molecule is CCCCC(CC)Nc1ccc(OCC(F)(F)F)nc1. The highest BCUT2D eigenvalue weighted by atomic mass is 19.4. The Bertz CT molecular complexity index is 379. The summed E-state index contributed by atoms with van der Waals surface area (Å²) in [7, 11) is 0. The Balaban J connectivity index is 2.49. The minimum atomic E-state index is -4.34. The van der Waals surface area contributed by atoms with Gasteiger partial charge in [-0.1, -0.05) is 26.7 Å². The number of aromatic nitrogens is 1. The average Bonchev–Trinajstić information content (AvgIpc) is 2.41. The lowest BCUT2D eigenvalue weighted by molar-refractivity contribution is -0.154. The standard InChI is InChI=1S/C14H21F3N2O/c1-3-5-6-11(4-2)19-12-7-8-13(18-9-12)20-10-14(15,16)17/h7-9,11,19H,3-6,10H2,1-2H3. The molecule has 0 aliphatic rings. The smallest absolute Gasteiger partial charge is 0.422 e. The van der Waals surface area contributed by atoms with Gasteiger partial charge in [0.1, 0.15) is 0 Å². The van der Waals surface area contributed by atoms with Gasteiger partial charge in [0.25, 0.3) is 0 Å². The first-order valence-electron chi connectivity index (χ1n) is 6.86. The number of ether oxygens (including phenoxy) is 1. The minimum absolute atomic E-state index is 0.0190. The Morgan fingerprint density at radius 2 is 2.05 bits per heavy atom. The third kappa shape index (κ3) is 6.63. The molecule has 0 aliphatic carbocycles. The van der Waals surface area contributed by atoms with Crippen LogP contribution in [-0.2, 0) is 0 Å². The second kappa shape index (κ2) is 7.97. The van der Waals surface area contributed by atoms with Crippen molar-refractivity contribution in [3.8, 4) is 5.88 Å². The highest BCUT2D eigenvalue weighted by Gasteiger charge is 2.28. The molecule has 1 unspecified atom stereocenters. The van der Waals surface area contributed by atoms with Gasteiger partial charge in [-0.15, -0.1) is 0 Å². The van der Waals surface area contributed by atoms with E-state index in [4.69, 9.17) is 0 Å². The Labute approximate surface area is 117 Å². The number of nitrogens with one attached hydrogen (secondary N) is 1. The largest absolute Gasteiger partial charge is 0.468 e. The predicted octanol–water partition coefficient (Wildman–Crippen LogP) is 4.40. The summed E-state index contributed by atoms with van der Waals surface area (Å²) in [4.78, 5) is 3.86. The van der Waals surface area contributed by atoms with E-state index in [0.29, 0.717) is 6.04 Å². The van der Waals surface area contributed by atoms with Crippen LogP contribution in [0.1, 0.15) is 39.5 Å². The van der Waals surface area contributed by atoms with Crippen molar-refractivity contribution in [2.75, 3.05) is 11.9 Å². The zero-order valence-corrected chi connectivity index (χ0v) is 11.8. The monoisotopic (exact) mass is 290 g/mol. The normalized spacial score (nSPS) is 13.1. The summed E-state index contributed by atoms with van der Waals surface area (Å²) >= 11 is 0. The summed E-state index contributed by atoms with van der Waals surface area (Å²) in [5.41, 5.74) is 0.798. The summed E-state index contributed by atoms with van der Waals surface area (Å²) in [6.07, 6.45) is 1.50. The number of unbranched alkanes of at least 4 members (excludes halogenated alkanes) is 1. The lowest BCUT2D eigenvalue weighted by atomic mass is 10.1. The molecule has 1 heterocycles. The molecule has 1 aromatic heterocycles. The number of hydrogen-bond donors (Lipinski definition) is 1. The first-order chi connectivity index (χ1) is 9.44. The van der Waals surface area contributed by atoms with Gasteiger partial charge in [0, 0.05) is 12.1 Å². The van der Waals surface area contributed by atoms with Crippen LogP contribution in [0.5, 0.6) is 5.88 Å². The van der Waals surface area contributed by atoms with Crippen molar-refractivity contribution >= 4 is 5.69 Å². The molecule has 3 nitrogen and oxygen atoms in total. The highest BCUT2D eigenvalue weighted by molar-refractivity contribution is 5.42. The van der Waals surface area contributed by atoms with Crippen LogP contribution in [0, 0.1) is 0 Å². The summed E-state index contributed by atoms with van der Waals surface area (Å²) in [6.45, 7) is 2.92. The molecular weight excluding hydrogens is 269 g/mol. The topological polar surface area (TPSA) is 34.1 Å². The molecule has 1 N–H and O–H groups in total. The predicted molar refractivity (Wildman–Crippen MR) is 73.0 cm³/mol. The Morgan fingerprint density at radius 1 is 1.30 bits per heavy atom. The molecule has 0 amide bonds. The number of nitrogens with zero attached hydrogens (tertiary/aromatic N) is 1. The molecule has 6 heteroatoms. The van der Waals surface area contributed by atoms with Crippen molar-refractivity contribution in [2.24, 2.45) is 0 Å². The van der Waals surface area contributed by atoms with Gasteiger partial charge in [-0.2, -0.15) is 13.2 Å². The quantitative estimate of drug-likeness (QED) is 0.770. The van der Waals surface area contributed by atoms with Gasteiger partial charge in [0.05, 0.1) is 11.9 Å². The van der Waals surface area contributed by atoms with Crippen LogP contribution in [0.4, 0.5) is 18.9 Å². The summed E-state index contributed by atoms with van der Waals surface area (Å²) < 4.78 is 40.5. The van der Waals surface area contributed by atoms with E-state index in [1.165, 1.54) is 12.3 Å². The number of hydrogen-bond acceptors (Lipinski definition) is 3. The lowest BCUT2D eigenvalue weighted by Gasteiger charge is -2.18. The molecule has 0 bridgehead atoms. The molecule has 1 atom stereocenters. The van der Waals surface area contributed by atoms with Crippen molar-refractivity contribution in [3.63, 3.8) is 0 Å². The Hall–Kier alpha value is -1.46. The molecule has 0 fully saturated rings. The van der Waals surface area contributed by atoms with E-state index >= 15 is 0 Å². The van der Waals surface area contributed by atoms with E-state index in [9.17, 15) is 13.2 Å². The van der Waals surface area contributed by atoms with E-state index in [2.05, 4.69) is 28.9 Å². The molecule has 20 heavy (non-hydrogen) atoms. The number of alkyl halides is 3. The minimum Gasteiger partial charge on any atom is -0.468 e. The van der Waals surface area contributed by atoms with Crippen LogP contribution in [0.2, 0.25) is 0 Å². The second-order valence-electron chi connectivity index (χ2n) is 4.68. The first kappa shape index (κ1) is 16.6. The average molecular weight is 290 g/mol. The molecule has 0 saturated carbocycles. The Morgan fingerprint density at radius 3 is 2.55 bits per heavy atom. The van der Waals surface area contributed by atoms with Gasteiger partial charge >= 0.3 is 6.18 Å². The number of halogens is 3. The van der Waals surface area contributed by atoms with Gasteiger partial charge in [0.2, 0.25) is 5.88 Å². The fourth-order valence-corrected chi connectivity index (χ4v) is 1.77. The van der Waals surface area contributed by atoms with Gasteiger partial charge in [-0.25, -0.2) is 4.98 Å². The maximum Gasteiger partial charge on any atom is 0.422 e. The third-order valence-corrected chi connectivity index (χ3v) is 2.89. The van der Waals surface area contributed by atoms with Gasteiger partial charge in [-0.3, -0.25) is 0 Å². The van der Waals surface area contributed by atoms with Gasteiger partial charge < -0.3 is 10.1 Å². The van der Waals surface area contributed by atoms with Gasteiger partial charge in [0.15, 0.2) is 6.61 Å². The third-order valence-electron chi connectivity index (χ3n) is 2.89. The van der Waals surface area contributed by atoms with E-state index in [1.807, 2.05) is 0 Å². The molecule has 114 valence electrons. The summed E-state index contributed by atoms with van der Waals surface area (Å²) in [5.74, 6) is -0.0190. The van der Waals surface area contributed by atoms with E-state index in [-0.39, 0.29) is 5.88 Å². The zero-order chi connectivity index (χ0) is 15.0. The molecule has 0 radical (unpaired) electrons. The maximum atomic E-state index is 12.0. The maximum absolute atomic E-state index is 12.0.